The first-order chi connectivity index (χ1) is 14.7. The minimum absolute atomic E-state index is 0.00744. The van der Waals surface area contributed by atoms with Gasteiger partial charge in [0.1, 0.15) is 5.75 Å². The van der Waals surface area contributed by atoms with Crippen LogP contribution in [0.3, 0.4) is 0 Å². The van der Waals surface area contributed by atoms with Gasteiger partial charge in [-0.1, -0.05) is 30.3 Å². The van der Waals surface area contributed by atoms with E-state index >= 15 is 0 Å². The SMILES string of the molecule is COc1ccc(C2C(c3ccc4cccnc4n3)C(C)=NN2c2ccccc2)cc1. The van der Waals surface area contributed by atoms with Crippen LogP contribution in [0.25, 0.3) is 11.0 Å². The van der Waals surface area contributed by atoms with Crippen molar-refractivity contribution in [3.05, 3.63) is 96.3 Å². The number of fused-ring (bicyclic) bond motifs is 1. The first-order valence-electron chi connectivity index (χ1n) is 9.99. The number of ether oxygens (including phenoxy) is 1. The third-order valence-corrected chi connectivity index (χ3v) is 5.58. The van der Waals surface area contributed by atoms with Crippen molar-refractivity contribution in [2.75, 3.05) is 12.1 Å². The molecule has 0 N–H and O–H groups in total. The third-order valence-electron chi connectivity index (χ3n) is 5.58. The van der Waals surface area contributed by atoms with Crippen molar-refractivity contribution in [3.8, 4) is 5.75 Å². The van der Waals surface area contributed by atoms with E-state index in [1.54, 1.807) is 13.3 Å². The van der Waals surface area contributed by atoms with Gasteiger partial charge in [-0.3, -0.25) is 5.01 Å². The molecule has 2 aromatic heterocycles. The highest BCUT2D eigenvalue weighted by Crippen LogP contribution is 2.44. The zero-order valence-electron chi connectivity index (χ0n) is 16.9. The molecular weight excluding hydrogens is 372 g/mol. The van der Waals surface area contributed by atoms with Gasteiger partial charge in [-0.05, 0) is 61.0 Å². The van der Waals surface area contributed by atoms with Gasteiger partial charge in [-0.15, -0.1) is 0 Å². The molecule has 148 valence electrons. The number of hydrazone groups is 1. The second kappa shape index (κ2) is 7.59. The molecule has 0 amide bonds. The first-order valence-corrected chi connectivity index (χ1v) is 9.99. The van der Waals surface area contributed by atoms with Crippen molar-refractivity contribution in [3.63, 3.8) is 0 Å². The summed E-state index contributed by atoms with van der Waals surface area (Å²) < 4.78 is 5.36. The van der Waals surface area contributed by atoms with Gasteiger partial charge in [-0.2, -0.15) is 5.10 Å². The first kappa shape index (κ1) is 18.3. The van der Waals surface area contributed by atoms with E-state index in [2.05, 4.69) is 53.3 Å². The summed E-state index contributed by atoms with van der Waals surface area (Å²) in [7, 11) is 1.68. The van der Waals surface area contributed by atoms with E-state index < -0.39 is 0 Å². The van der Waals surface area contributed by atoms with Gasteiger partial charge in [0.05, 0.1) is 30.5 Å². The largest absolute Gasteiger partial charge is 0.497 e. The van der Waals surface area contributed by atoms with E-state index in [0.29, 0.717) is 0 Å². The molecule has 3 heterocycles. The van der Waals surface area contributed by atoms with Gasteiger partial charge in [0.15, 0.2) is 5.65 Å². The van der Waals surface area contributed by atoms with Crippen molar-refractivity contribution in [2.45, 2.75) is 18.9 Å². The number of methoxy groups -OCH3 is 1. The van der Waals surface area contributed by atoms with Gasteiger partial charge >= 0.3 is 0 Å². The number of hydrogen-bond donors (Lipinski definition) is 0. The molecule has 5 heteroatoms. The van der Waals surface area contributed by atoms with Crippen LogP contribution < -0.4 is 9.75 Å². The lowest BCUT2D eigenvalue weighted by Crippen LogP contribution is -2.24. The van der Waals surface area contributed by atoms with Crippen LogP contribution >= 0.6 is 0 Å². The number of rotatable bonds is 4. The molecule has 5 rings (SSSR count). The van der Waals surface area contributed by atoms with E-state index in [1.165, 1.54) is 0 Å². The van der Waals surface area contributed by atoms with Gasteiger partial charge in [0.25, 0.3) is 0 Å². The fourth-order valence-corrected chi connectivity index (χ4v) is 4.11. The van der Waals surface area contributed by atoms with Crippen LogP contribution in [-0.2, 0) is 0 Å². The van der Waals surface area contributed by atoms with Crippen LogP contribution in [0.2, 0.25) is 0 Å². The Balaban J connectivity index is 1.64. The minimum Gasteiger partial charge on any atom is -0.497 e. The number of nitrogens with zero attached hydrogens (tertiary/aromatic N) is 4. The normalized spacial score (nSPS) is 18.5. The Morgan fingerprint density at radius 3 is 2.43 bits per heavy atom. The quantitative estimate of drug-likeness (QED) is 0.468. The fraction of sp³-hybridized carbons (Fsp3) is 0.160. The van der Waals surface area contributed by atoms with Gasteiger partial charge in [-0.25, -0.2) is 9.97 Å². The topological polar surface area (TPSA) is 50.6 Å². The molecule has 1 aliphatic rings. The summed E-state index contributed by atoms with van der Waals surface area (Å²) in [5, 5.41) is 8.10. The summed E-state index contributed by atoms with van der Waals surface area (Å²) in [5.41, 5.74) is 4.98. The molecule has 0 spiro atoms. The van der Waals surface area contributed by atoms with Crippen LogP contribution in [0.4, 0.5) is 5.69 Å². The molecule has 0 fully saturated rings. The molecule has 0 aliphatic carbocycles. The Labute approximate surface area is 175 Å². The highest BCUT2D eigenvalue weighted by molar-refractivity contribution is 5.93. The number of para-hydroxylation sites is 1. The van der Waals surface area contributed by atoms with E-state index in [1.807, 2.05) is 42.5 Å². The van der Waals surface area contributed by atoms with E-state index in [4.69, 9.17) is 14.8 Å². The predicted molar refractivity (Wildman–Crippen MR) is 120 cm³/mol. The predicted octanol–water partition coefficient (Wildman–Crippen LogP) is 5.36. The zero-order chi connectivity index (χ0) is 20.5. The molecule has 2 unspecified atom stereocenters. The van der Waals surface area contributed by atoms with Crippen LogP contribution in [0.1, 0.15) is 30.1 Å². The maximum absolute atomic E-state index is 5.36. The molecule has 0 saturated heterocycles. The number of hydrogen-bond acceptors (Lipinski definition) is 5. The Bertz CT molecular complexity index is 1200. The number of benzene rings is 2. The van der Waals surface area contributed by atoms with Crippen LogP contribution in [0, 0.1) is 0 Å². The lowest BCUT2D eigenvalue weighted by atomic mass is 9.87. The van der Waals surface area contributed by atoms with Crippen molar-refractivity contribution >= 4 is 22.4 Å². The van der Waals surface area contributed by atoms with Crippen LogP contribution in [0.15, 0.2) is 90.2 Å². The lowest BCUT2D eigenvalue weighted by molar-refractivity contribution is 0.414. The zero-order valence-corrected chi connectivity index (χ0v) is 16.9. The fourth-order valence-electron chi connectivity index (χ4n) is 4.11. The Kier molecular flexibility index (Phi) is 4.64. The second-order valence-electron chi connectivity index (χ2n) is 7.40. The lowest BCUT2D eigenvalue weighted by Gasteiger charge is -2.28. The summed E-state index contributed by atoms with van der Waals surface area (Å²) in [6.45, 7) is 2.08. The number of anilines is 1. The minimum atomic E-state index is -0.00744. The van der Waals surface area contributed by atoms with Crippen molar-refractivity contribution < 1.29 is 4.74 Å². The smallest absolute Gasteiger partial charge is 0.159 e. The number of aromatic nitrogens is 2. The molecule has 4 aromatic rings. The van der Waals surface area contributed by atoms with Crippen molar-refractivity contribution in [1.82, 2.24) is 9.97 Å². The monoisotopic (exact) mass is 394 g/mol. The molecular formula is C25H22N4O. The molecule has 30 heavy (non-hydrogen) atoms. The van der Waals surface area contributed by atoms with E-state index in [0.717, 1.165) is 39.4 Å². The molecule has 0 bridgehead atoms. The Morgan fingerprint density at radius 1 is 0.867 bits per heavy atom. The highest BCUT2D eigenvalue weighted by Gasteiger charge is 2.39. The van der Waals surface area contributed by atoms with E-state index in [9.17, 15) is 0 Å². The van der Waals surface area contributed by atoms with Gasteiger partial charge in [0, 0.05) is 17.3 Å². The maximum Gasteiger partial charge on any atom is 0.159 e. The molecule has 2 atom stereocenters. The average molecular weight is 394 g/mol. The summed E-state index contributed by atoms with van der Waals surface area (Å²) in [6.07, 6.45) is 1.78. The molecule has 2 aromatic carbocycles. The van der Waals surface area contributed by atoms with Crippen molar-refractivity contribution in [1.29, 1.82) is 0 Å². The molecule has 0 radical (unpaired) electrons. The van der Waals surface area contributed by atoms with Crippen LogP contribution in [-0.4, -0.2) is 22.8 Å². The summed E-state index contributed by atoms with van der Waals surface area (Å²) in [4.78, 5) is 9.36. The maximum atomic E-state index is 5.36. The molecule has 0 saturated carbocycles. The summed E-state index contributed by atoms with van der Waals surface area (Å²) >= 11 is 0. The average Bonchev–Trinajstić information content (AvgIpc) is 3.16. The summed E-state index contributed by atoms with van der Waals surface area (Å²) in [6, 6.07) is 26.6. The van der Waals surface area contributed by atoms with Gasteiger partial charge in [0.2, 0.25) is 0 Å². The standard InChI is InChI=1S/C25H22N4O/c1-17-23(22-15-12-19-7-6-16-26-25(19)27-22)24(18-10-13-21(30-2)14-11-18)29(28-17)20-8-4-3-5-9-20/h3-16,23-24H,1-2H3. The third kappa shape index (κ3) is 3.18. The molecule has 5 nitrogen and oxygen atoms in total. The highest BCUT2D eigenvalue weighted by atomic mass is 16.5. The second-order valence-corrected chi connectivity index (χ2v) is 7.40. The Morgan fingerprint density at radius 2 is 1.67 bits per heavy atom. The Hall–Kier alpha value is -3.73. The van der Waals surface area contributed by atoms with Crippen LogP contribution in [0.5, 0.6) is 5.75 Å². The molecule has 1 aliphatic heterocycles. The van der Waals surface area contributed by atoms with Crippen molar-refractivity contribution in [2.24, 2.45) is 5.10 Å². The van der Waals surface area contributed by atoms with E-state index in [-0.39, 0.29) is 12.0 Å². The number of pyridine rings is 2. The van der Waals surface area contributed by atoms with Gasteiger partial charge < -0.3 is 4.74 Å². The summed E-state index contributed by atoms with van der Waals surface area (Å²) in [5.74, 6) is 0.857.